The molecule has 126 valence electrons. The SMILES string of the molecule is CC(NS(=O)(=O)C1CN(C(=O)OCc2ccccc2)C1)C(N)=O. The first-order chi connectivity index (χ1) is 10.8. The van der Waals surface area contributed by atoms with Crippen LogP contribution in [0, 0.1) is 0 Å². The lowest BCUT2D eigenvalue weighted by molar-refractivity contribution is -0.119. The molecule has 2 amide bonds. The third kappa shape index (κ3) is 4.42. The molecule has 2 rings (SSSR count). The molecule has 8 nitrogen and oxygen atoms in total. The van der Waals surface area contributed by atoms with Gasteiger partial charge < -0.3 is 15.4 Å². The number of nitrogens with one attached hydrogen (secondary N) is 1. The first kappa shape index (κ1) is 17.2. The lowest BCUT2D eigenvalue weighted by Gasteiger charge is -2.37. The summed E-state index contributed by atoms with van der Waals surface area (Å²) in [5.41, 5.74) is 5.87. The van der Waals surface area contributed by atoms with Crippen LogP contribution in [0.3, 0.4) is 0 Å². The molecule has 1 aromatic carbocycles. The average molecular weight is 341 g/mol. The summed E-state index contributed by atoms with van der Waals surface area (Å²) in [5.74, 6) is -0.757. The summed E-state index contributed by atoms with van der Waals surface area (Å²) >= 11 is 0. The molecular formula is C14H19N3O5S. The zero-order valence-corrected chi connectivity index (χ0v) is 13.5. The van der Waals surface area contributed by atoms with Crippen LogP contribution in [-0.2, 0) is 26.2 Å². The van der Waals surface area contributed by atoms with Gasteiger partial charge in [-0.3, -0.25) is 4.79 Å². The van der Waals surface area contributed by atoms with E-state index in [0.717, 1.165) is 5.56 Å². The van der Waals surface area contributed by atoms with Crippen molar-refractivity contribution in [2.45, 2.75) is 24.8 Å². The summed E-state index contributed by atoms with van der Waals surface area (Å²) in [6.45, 7) is 1.54. The van der Waals surface area contributed by atoms with Crippen molar-refractivity contribution in [3.05, 3.63) is 35.9 Å². The van der Waals surface area contributed by atoms with Crippen molar-refractivity contribution in [3.63, 3.8) is 0 Å². The standard InChI is InChI=1S/C14H19N3O5S/c1-10(13(15)18)16-23(20,21)12-7-17(8-12)14(19)22-9-11-5-3-2-4-6-11/h2-6,10,12,16H,7-9H2,1H3,(H2,15,18). The lowest BCUT2D eigenvalue weighted by Crippen LogP contribution is -2.61. The topological polar surface area (TPSA) is 119 Å². The molecule has 0 aromatic heterocycles. The van der Waals surface area contributed by atoms with Gasteiger partial charge in [-0.25, -0.2) is 17.9 Å². The van der Waals surface area contributed by atoms with Crippen molar-refractivity contribution in [1.82, 2.24) is 9.62 Å². The van der Waals surface area contributed by atoms with Crippen LogP contribution < -0.4 is 10.5 Å². The molecule has 23 heavy (non-hydrogen) atoms. The summed E-state index contributed by atoms with van der Waals surface area (Å²) in [6, 6.07) is 8.19. The molecule has 1 aliphatic rings. The van der Waals surface area contributed by atoms with Crippen molar-refractivity contribution in [2.75, 3.05) is 13.1 Å². The maximum Gasteiger partial charge on any atom is 0.410 e. The highest BCUT2D eigenvalue weighted by Crippen LogP contribution is 2.17. The van der Waals surface area contributed by atoms with Crippen molar-refractivity contribution >= 4 is 22.0 Å². The van der Waals surface area contributed by atoms with E-state index in [9.17, 15) is 18.0 Å². The van der Waals surface area contributed by atoms with E-state index in [1.807, 2.05) is 30.3 Å². The number of carbonyl (C=O) groups is 2. The van der Waals surface area contributed by atoms with E-state index in [1.165, 1.54) is 11.8 Å². The Kier molecular flexibility index (Phi) is 5.22. The van der Waals surface area contributed by atoms with Crippen molar-refractivity contribution in [3.8, 4) is 0 Å². The Morgan fingerprint density at radius 1 is 1.35 bits per heavy atom. The van der Waals surface area contributed by atoms with Gasteiger partial charge in [-0.05, 0) is 12.5 Å². The molecule has 1 aliphatic heterocycles. The van der Waals surface area contributed by atoms with Gasteiger partial charge in [-0.2, -0.15) is 0 Å². The normalized spacial score (nSPS) is 16.5. The fraction of sp³-hybridized carbons (Fsp3) is 0.429. The molecule has 1 fully saturated rings. The molecule has 0 aliphatic carbocycles. The molecule has 0 radical (unpaired) electrons. The molecule has 0 saturated carbocycles. The number of nitrogens with zero attached hydrogens (tertiary/aromatic N) is 1. The van der Waals surface area contributed by atoms with E-state index >= 15 is 0 Å². The maximum atomic E-state index is 12.0. The highest BCUT2D eigenvalue weighted by molar-refractivity contribution is 7.90. The van der Waals surface area contributed by atoms with Crippen molar-refractivity contribution in [2.24, 2.45) is 5.73 Å². The quantitative estimate of drug-likeness (QED) is 0.743. The largest absolute Gasteiger partial charge is 0.445 e. The number of benzene rings is 1. The summed E-state index contributed by atoms with van der Waals surface area (Å²) in [7, 11) is -3.70. The number of sulfonamides is 1. The van der Waals surface area contributed by atoms with Crippen LogP contribution in [-0.4, -0.2) is 49.7 Å². The van der Waals surface area contributed by atoms with E-state index in [2.05, 4.69) is 4.72 Å². The minimum Gasteiger partial charge on any atom is -0.445 e. The van der Waals surface area contributed by atoms with Crippen LogP contribution in [0.25, 0.3) is 0 Å². The van der Waals surface area contributed by atoms with E-state index in [4.69, 9.17) is 10.5 Å². The average Bonchev–Trinajstić information content (AvgIpc) is 2.43. The minimum absolute atomic E-state index is 0.0223. The highest BCUT2D eigenvalue weighted by atomic mass is 32.2. The van der Waals surface area contributed by atoms with Crippen LogP contribution in [0.15, 0.2) is 30.3 Å². The highest BCUT2D eigenvalue weighted by Gasteiger charge is 2.41. The van der Waals surface area contributed by atoms with Crippen LogP contribution in [0.5, 0.6) is 0 Å². The second-order valence-electron chi connectivity index (χ2n) is 5.35. The third-order valence-electron chi connectivity index (χ3n) is 3.52. The second-order valence-corrected chi connectivity index (χ2v) is 7.35. The van der Waals surface area contributed by atoms with Crippen LogP contribution in [0.2, 0.25) is 0 Å². The third-order valence-corrected chi connectivity index (χ3v) is 5.38. The summed E-state index contributed by atoms with van der Waals surface area (Å²) < 4.78 is 31.3. The number of rotatable bonds is 6. The number of nitrogens with two attached hydrogens (primary N) is 1. The van der Waals surface area contributed by atoms with Crippen LogP contribution in [0.1, 0.15) is 12.5 Å². The number of hydrogen-bond donors (Lipinski definition) is 2. The van der Waals surface area contributed by atoms with Gasteiger partial charge >= 0.3 is 6.09 Å². The minimum atomic E-state index is -3.70. The molecule has 3 N–H and O–H groups in total. The van der Waals surface area contributed by atoms with Crippen molar-refractivity contribution < 1.29 is 22.7 Å². The molecule has 1 aromatic rings. The first-order valence-electron chi connectivity index (χ1n) is 7.05. The van der Waals surface area contributed by atoms with Gasteiger partial charge in [0.25, 0.3) is 0 Å². The molecule has 9 heteroatoms. The zero-order chi connectivity index (χ0) is 17.0. The number of primary amides is 1. The number of amides is 2. The Labute approximate surface area is 134 Å². The van der Waals surface area contributed by atoms with E-state index in [-0.39, 0.29) is 19.7 Å². The fourth-order valence-corrected chi connectivity index (χ4v) is 3.55. The van der Waals surface area contributed by atoms with Gasteiger partial charge in [-0.15, -0.1) is 0 Å². The molecule has 1 unspecified atom stereocenters. The number of hydrogen-bond acceptors (Lipinski definition) is 5. The molecule has 0 bridgehead atoms. The maximum absolute atomic E-state index is 12.0. The van der Waals surface area contributed by atoms with E-state index < -0.39 is 33.3 Å². The number of likely N-dealkylation sites (tertiary alicyclic amines) is 1. The molecule has 0 spiro atoms. The van der Waals surface area contributed by atoms with Gasteiger partial charge in [0.2, 0.25) is 15.9 Å². The molecule has 1 saturated heterocycles. The summed E-state index contributed by atoms with van der Waals surface area (Å²) in [5, 5.41) is -0.770. The van der Waals surface area contributed by atoms with Crippen molar-refractivity contribution in [1.29, 1.82) is 0 Å². The van der Waals surface area contributed by atoms with Crippen LogP contribution in [0.4, 0.5) is 4.79 Å². The Bertz CT molecular complexity index is 671. The first-order valence-corrected chi connectivity index (χ1v) is 8.60. The fourth-order valence-electron chi connectivity index (χ4n) is 1.99. The lowest BCUT2D eigenvalue weighted by atomic mass is 10.2. The van der Waals surface area contributed by atoms with Gasteiger partial charge in [0, 0.05) is 13.1 Å². The summed E-state index contributed by atoms with van der Waals surface area (Å²) in [4.78, 5) is 24.0. The second kappa shape index (κ2) is 6.97. The van der Waals surface area contributed by atoms with E-state index in [1.54, 1.807) is 0 Å². The smallest absolute Gasteiger partial charge is 0.410 e. The number of carbonyl (C=O) groups excluding carboxylic acids is 2. The van der Waals surface area contributed by atoms with Gasteiger partial charge in [0.05, 0.1) is 6.04 Å². The molecule has 1 heterocycles. The predicted octanol–water partition coefficient (Wildman–Crippen LogP) is -0.199. The monoisotopic (exact) mass is 341 g/mol. The summed E-state index contributed by atoms with van der Waals surface area (Å²) in [6.07, 6.45) is -0.566. The predicted molar refractivity (Wildman–Crippen MR) is 82.7 cm³/mol. The van der Waals surface area contributed by atoms with Crippen LogP contribution >= 0.6 is 0 Å². The Hall–Kier alpha value is -2.13. The van der Waals surface area contributed by atoms with Gasteiger partial charge in [-0.1, -0.05) is 30.3 Å². The van der Waals surface area contributed by atoms with E-state index in [0.29, 0.717) is 0 Å². The zero-order valence-electron chi connectivity index (χ0n) is 12.6. The molecule has 1 atom stereocenters. The number of ether oxygens (including phenoxy) is 1. The van der Waals surface area contributed by atoms with Gasteiger partial charge in [0.15, 0.2) is 0 Å². The Morgan fingerprint density at radius 3 is 2.52 bits per heavy atom. The Morgan fingerprint density at radius 2 is 1.96 bits per heavy atom. The Balaban J connectivity index is 1.79. The van der Waals surface area contributed by atoms with Gasteiger partial charge in [0.1, 0.15) is 11.9 Å². The molecular weight excluding hydrogens is 322 g/mol.